The second-order valence-corrected chi connectivity index (χ2v) is 8.72. The molecule has 0 radical (unpaired) electrons. The van der Waals surface area contributed by atoms with Crippen LogP contribution in [0.15, 0.2) is 48.0 Å². The van der Waals surface area contributed by atoms with Crippen LogP contribution >= 0.6 is 11.3 Å². The maximum absolute atomic E-state index is 13.4. The molecule has 0 bridgehead atoms. The van der Waals surface area contributed by atoms with E-state index in [0.29, 0.717) is 32.7 Å². The van der Waals surface area contributed by atoms with Crippen LogP contribution in [-0.2, 0) is 13.2 Å². The van der Waals surface area contributed by atoms with E-state index in [1.165, 1.54) is 29.7 Å². The standard InChI is InChI=1S/C25H23F2N3O4S.CH4/c1-14-4-19(33-11-15-6-17(26)8-18(27)7-15)9-20(5-14)34-12-16-13-35-23-21(25(32)29-2-3-31)10-30-24(28)22(16)23;/h4-10,13,31H,2-3,11-12H2,1H3,(H2,28,30)(H,29,32);1H4. The normalized spacial score (nSPS) is 10.7. The van der Waals surface area contributed by atoms with Crippen molar-refractivity contribution in [3.8, 4) is 11.5 Å². The Kier molecular flexibility index (Phi) is 8.78. The van der Waals surface area contributed by atoms with Crippen LogP contribution in [0.25, 0.3) is 10.1 Å². The number of anilines is 1. The number of aromatic nitrogens is 1. The maximum atomic E-state index is 13.4. The summed E-state index contributed by atoms with van der Waals surface area (Å²) in [7, 11) is 0. The molecule has 0 aliphatic carbocycles. The number of pyridine rings is 1. The van der Waals surface area contributed by atoms with Gasteiger partial charge in [0.05, 0.1) is 16.9 Å². The lowest BCUT2D eigenvalue weighted by atomic mass is 10.1. The van der Waals surface area contributed by atoms with Gasteiger partial charge >= 0.3 is 0 Å². The summed E-state index contributed by atoms with van der Waals surface area (Å²) in [5.41, 5.74) is 8.49. The Morgan fingerprint density at radius 1 is 1.08 bits per heavy atom. The number of benzene rings is 2. The third kappa shape index (κ3) is 6.27. The van der Waals surface area contributed by atoms with E-state index in [1.54, 1.807) is 12.1 Å². The van der Waals surface area contributed by atoms with Gasteiger partial charge in [-0.25, -0.2) is 13.8 Å². The maximum Gasteiger partial charge on any atom is 0.254 e. The molecule has 0 fully saturated rings. The fraction of sp³-hybridized carbons (Fsp3) is 0.231. The smallest absolute Gasteiger partial charge is 0.254 e. The van der Waals surface area contributed by atoms with Gasteiger partial charge in [-0.15, -0.1) is 11.3 Å². The van der Waals surface area contributed by atoms with Gasteiger partial charge in [0.25, 0.3) is 5.91 Å². The van der Waals surface area contributed by atoms with Gasteiger partial charge in [-0.2, -0.15) is 0 Å². The lowest BCUT2D eigenvalue weighted by Crippen LogP contribution is -2.26. The lowest BCUT2D eigenvalue weighted by Gasteiger charge is -2.12. The number of nitrogens with zero attached hydrogens (tertiary/aromatic N) is 1. The van der Waals surface area contributed by atoms with Crippen molar-refractivity contribution >= 4 is 33.1 Å². The number of rotatable bonds is 9. The molecule has 0 aliphatic rings. The molecule has 4 aromatic rings. The van der Waals surface area contributed by atoms with Crippen LogP contribution in [0, 0.1) is 18.6 Å². The van der Waals surface area contributed by atoms with Crippen LogP contribution in [0.3, 0.4) is 0 Å². The van der Waals surface area contributed by atoms with E-state index >= 15 is 0 Å². The van der Waals surface area contributed by atoms with Gasteiger partial charge in [0, 0.05) is 35.8 Å². The first-order chi connectivity index (χ1) is 16.8. The van der Waals surface area contributed by atoms with Gasteiger partial charge in [-0.05, 0) is 47.7 Å². The van der Waals surface area contributed by atoms with E-state index in [4.69, 9.17) is 20.3 Å². The predicted octanol–water partition coefficient (Wildman–Crippen LogP) is 4.98. The number of carbonyl (C=O) groups is 1. The van der Waals surface area contributed by atoms with Crippen LogP contribution < -0.4 is 20.5 Å². The van der Waals surface area contributed by atoms with Crippen molar-refractivity contribution < 1.29 is 28.2 Å². The summed E-state index contributed by atoms with van der Waals surface area (Å²) in [5.74, 6) is -0.360. The zero-order valence-corrected chi connectivity index (χ0v) is 19.6. The molecule has 10 heteroatoms. The van der Waals surface area contributed by atoms with Crippen molar-refractivity contribution in [3.05, 3.63) is 81.9 Å². The Labute approximate surface area is 211 Å². The number of nitrogens with two attached hydrogens (primary N) is 1. The predicted molar refractivity (Wildman–Crippen MR) is 136 cm³/mol. The van der Waals surface area contributed by atoms with Crippen molar-refractivity contribution in [2.45, 2.75) is 27.6 Å². The molecule has 0 aliphatic heterocycles. The van der Waals surface area contributed by atoms with Crippen molar-refractivity contribution in [2.75, 3.05) is 18.9 Å². The number of amides is 1. The molecule has 1 amide bonds. The van der Waals surface area contributed by atoms with Crippen molar-refractivity contribution in [1.82, 2.24) is 10.3 Å². The third-order valence-electron chi connectivity index (χ3n) is 5.09. The zero-order chi connectivity index (χ0) is 24.9. The Bertz CT molecular complexity index is 1360. The fourth-order valence-electron chi connectivity index (χ4n) is 3.57. The summed E-state index contributed by atoms with van der Waals surface area (Å²) in [5, 5.41) is 14.1. The number of hydrogen-bond acceptors (Lipinski definition) is 7. The summed E-state index contributed by atoms with van der Waals surface area (Å²) in [6, 6.07) is 8.55. The number of thiophene rings is 1. The summed E-state index contributed by atoms with van der Waals surface area (Å²) in [4.78, 5) is 16.6. The Morgan fingerprint density at radius 3 is 2.42 bits per heavy atom. The molecule has 2 aromatic carbocycles. The van der Waals surface area contributed by atoms with Crippen molar-refractivity contribution in [2.24, 2.45) is 0 Å². The van der Waals surface area contributed by atoms with Crippen molar-refractivity contribution in [1.29, 1.82) is 0 Å². The summed E-state index contributed by atoms with van der Waals surface area (Å²) < 4.78 is 39.2. The number of aliphatic hydroxyl groups excluding tert-OH is 1. The first-order valence-corrected chi connectivity index (χ1v) is 11.6. The van der Waals surface area contributed by atoms with Gasteiger partial charge in [0.2, 0.25) is 0 Å². The number of hydrogen-bond donors (Lipinski definition) is 3. The number of halogens is 2. The quantitative estimate of drug-likeness (QED) is 0.290. The Balaban J connectivity index is 0.00000361. The number of fused-ring (bicyclic) bond motifs is 1. The fourth-order valence-corrected chi connectivity index (χ4v) is 4.64. The Hall–Kier alpha value is -3.76. The first-order valence-electron chi connectivity index (χ1n) is 10.7. The van der Waals surface area contributed by atoms with Crippen LogP contribution in [0.5, 0.6) is 11.5 Å². The number of aryl methyl sites for hydroxylation is 1. The number of aliphatic hydroxyl groups is 1. The molecule has 2 aromatic heterocycles. The minimum Gasteiger partial charge on any atom is -0.489 e. The molecule has 4 rings (SSSR count). The number of nitrogens with one attached hydrogen (secondary N) is 1. The molecule has 0 spiro atoms. The molecular weight excluding hydrogens is 488 g/mol. The lowest BCUT2D eigenvalue weighted by molar-refractivity contribution is 0.0946. The van der Waals surface area contributed by atoms with E-state index in [9.17, 15) is 13.6 Å². The highest BCUT2D eigenvalue weighted by molar-refractivity contribution is 7.17. The molecule has 0 saturated carbocycles. The van der Waals surface area contributed by atoms with Gasteiger partial charge in [0.15, 0.2) is 0 Å². The molecule has 0 atom stereocenters. The van der Waals surface area contributed by atoms with Gasteiger partial charge < -0.3 is 25.6 Å². The highest BCUT2D eigenvalue weighted by Crippen LogP contribution is 2.33. The summed E-state index contributed by atoms with van der Waals surface area (Å²) in [6.07, 6.45) is 1.42. The summed E-state index contributed by atoms with van der Waals surface area (Å²) >= 11 is 1.36. The minimum absolute atomic E-state index is 0. The minimum atomic E-state index is -0.664. The average Bonchev–Trinajstić information content (AvgIpc) is 3.24. The number of ether oxygens (including phenoxy) is 2. The van der Waals surface area contributed by atoms with E-state index in [2.05, 4.69) is 10.3 Å². The second-order valence-electron chi connectivity index (χ2n) is 7.84. The van der Waals surface area contributed by atoms with Crippen LogP contribution in [0.1, 0.15) is 34.5 Å². The number of nitrogen functional groups attached to an aromatic ring is 1. The molecule has 0 saturated heterocycles. The highest BCUT2D eigenvalue weighted by atomic mass is 32.1. The van der Waals surface area contributed by atoms with Crippen LogP contribution in [0.2, 0.25) is 0 Å². The van der Waals surface area contributed by atoms with E-state index in [1.807, 2.05) is 18.4 Å². The molecule has 36 heavy (non-hydrogen) atoms. The third-order valence-corrected chi connectivity index (χ3v) is 6.15. The highest BCUT2D eigenvalue weighted by Gasteiger charge is 2.17. The molecule has 4 N–H and O–H groups in total. The molecular formula is C26H27F2N3O4S. The average molecular weight is 516 g/mol. The van der Waals surface area contributed by atoms with Crippen molar-refractivity contribution in [3.63, 3.8) is 0 Å². The van der Waals surface area contributed by atoms with E-state index < -0.39 is 11.6 Å². The second kappa shape index (κ2) is 11.8. The topological polar surface area (TPSA) is 107 Å². The van der Waals surface area contributed by atoms with Gasteiger partial charge in [0.1, 0.15) is 42.2 Å². The molecule has 7 nitrogen and oxygen atoms in total. The molecule has 0 unspecified atom stereocenters. The molecule has 190 valence electrons. The van der Waals surface area contributed by atoms with E-state index in [-0.39, 0.29) is 45.5 Å². The zero-order valence-electron chi connectivity index (χ0n) is 18.8. The summed E-state index contributed by atoms with van der Waals surface area (Å²) in [6.45, 7) is 2.02. The first kappa shape index (κ1) is 26.8. The van der Waals surface area contributed by atoms with Crippen LogP contribution in [-0.4, -0.2) is 29.1 Å². The Morgan fingerprint density at radius 2 is 1.75 bits per heavy atom. The monoisotopic (exact) mass is 515 g/mol. The van der Waals surface area contributed by atoms with Gasteiger partial charge in [-0.3, -0.25) is 4.79 Å². The SMILES string of the molecule is C.Cc1cc(OCc2cc(F)cc(F)c2)cc(OCc2csc3c(C(=O)NCCO)cnc(N)c23)c1. The largest absolute Gasteiger partial charge is 0.489 e. The van der Waals surface area contributed by atoms with Gasteiger partial charge in [-0.1, -0.05) is 7.43 Å². The van der Waals surface area contributed by atoms with E-state index in [0.717, 1.165) is 17.2 Å². The van der Waals surface area contributed by atoms with Crippen LogP contribution in [0.4, 0.5) is 14.6 Å². The number of carbonyl (C=O) groups excluding carboxylic acids is 1. The molecule has 2 heterocycles.